The van der Waals surface area contributed by atoms with Crippen molar-refractivity contribution in [3.05, 3.63) is 36.1 Å². The van der Waals surface area contributed by atoms with Crippen LogP contribution in [0.25, 0.3) is 11.0 Å². The van der Waals surface area contributed by atoms with Crippen LogP contribution in [0.3, 0.4) is 0 Å². The highest BCUT2D eigenvalue weighted by Gasteiger charge is 2.06. The second-order valence-electron chi connectivity index (χ2n) is 3.10. The first-order valence-corrected chi connectivity index (χ1v) is 4.47. The monoisotopic (exact) mass is 189 g/mol. The van der Waals surface area contributed by atoms with Crippen molar-refractivity contribution in [1.82, 2.24) is 5.32 Å². The van der Waals surface area contributed by atoms with Gasteiger partial charge in [0.05, 0.1) is 6.42 Å². The first kappa shape index (κ1) is 8.81. The molecule has 1 aromatic carbocycles. The molecule has 0 fully saturated rings. The van der Waals surface area contributed by atoms with Crippen molar-refractivity contribution < 1.29 is 9.21 Å². The fraction of sp³-hybridized carbons (Fsp3) is 0.182. The zero-order chi connectivity index (χ0) is 9.97. The molecule has 1 N–H and O–H groups in total. The third-order valence-corrected chi connectivity index (χ3v) is 2.09. The molecule has 0 bridgehead atoms. The van der Waals surface area contributed by atoms with Gasteiger partial charge in [-0.05, 0) is 12.1 Å². The number of carbonyl (C=O) groups excluding carboxylic acids is 1. The molecule has 0 aliphatic heterocycles. The molecule has 0 unspecified atom stereocenters. The summed E-state index contributed by atoms with van der Waals surface area (Å²) in [6, 6.07) is 9.61. The van der Waals surface area contributed by atoms with Gasteiger partial charge in [0.1, 0.15) is 11.3 Å². The van der Waals surface area contributed by atoms with Crippen LogP contribution in [-0.4, -0.2) is 13.0 Å². The SMILES string of the molecule is CNC(=O)Cc1cc2ccccc2o1. The fourth-order valence-corrected chi connectivity index (χ4v) is 1.37. The van der Waals surface area contributed by atoms with Gasteiger partial charge in [0.2, 0.25) is 5.91 Å². The maximum Gasteiger partial charge on any atom is 0.227 e. The average Bonchev–Trinajstić information content (AvgIpc) is 2.59. The third-order valence-electron chi connectivity index (χ3n) is 2.09. The summed E-state index contributed by atoms with van der Waals surface area (Å²) in [6.45, 7) is 0. The second kappa shape index (κ2) is 3.54. The van der Waals surface area contributed by atoms with Crippen LogP contribution in [0, 0.1) is 0 Å². The lowest BCUT2D eigenvalue weighted by Crippen LogP contribution is -2.19. The Bertz CT molecular complexity index is 426. The van der Waals surface area contributed by atoms with E-state index in [0.29, 0.717) is 12.2 Å². The van der Waals surface area contributed by atoms with Crippen LogP contribution in [0.1, 0.15) is 5.76 Å². The Balaban J connectivity index is 2.31. The van der Waals surface area contributed by atoms with E-state index in [1.807, 2.05) is 30.3 Å². The van der Waals surface area contributed by atoms with E-state index in [4.69, 9.17) is 4.42 Å². The van der Waals surface area contributed by atoms with E-state index in [-0.39, 0.29) is 5.91 Å². The molecule has 3 heteroatoms. The van der Waals surface area contributed by atoms with E-state index in [1.165, 1.54) is 0 Å². The Labute approximate surface area is 81.7 Å². The lowest BCUT2D eigenvalue weighted by molar-refractivity contribution is -0.120. The van der Waals surface area contributed by atoms with Gasteiger partial charge >= 0.3 is 0 Å². The number of fused-ring (bicyclic) bond motifs is 1. The lowest BCUT2D eigenvalue weighted by Gasteiger charge is -1.93. The van der Waals surface area contributed by atoms with E-state index in [9.17, 15) is 4.79 Å². The van der Waals surface area contributed by atoms with Gasteiger partial charge in [0.25, 0.3) is 0 Å². The first-order chi connectivity index (χ1) is 6.79. The zero-order valence-electron chi connectivity index (χ0n) is 7.91. The van der Waals surface area contributed by atoms with Crippen molar-refractivity contribution in [3.63, 3.8) is 0 Å². The highest BCUT2D eigenvalue weighted by Crippen LogP contribution is 2.18. The molecule has 0 saturated carbocycles. The van der Waals surface area contributed by atoms with Crippen LogP contribution in [0.5, 0.6) is 0 Å². The van der Waals surface area contributed by atoms with E-state index in [0.717, 1.165) is 11.0 Å². The third kappa shape index (κ3) is 1.62. The minimum absolute atomic E-state index is 0.0379. The molecule has 1 aromatic heterocycles. The molecule has 14 heavy (non-hydrogen) atoms. The summed E-state index contributed by atoms with van der Waals surface area (Å²) < 4.78 is 5.48. The van der Waals surface area contributed by atoms with E-state index >= 15 is 0 Å². The number of likely N-dealkylation sites (N-methyl/N-ethyl adjacent to an activating group) is 1. The molecular weight excluding hydrogens is 178 g/mol. The Kier molecular flexibility index (Phi) is 2.23. The second-order valence-corrected chi connectivity index (χ2v) is 3.10. The standard InChI is InChI=1S/C11H11NO2/c1-12-11(13)7-9-6-8-4-2-3-5-10(8)14-9/h2-6H,7H2,1H3,(H,12,13). The number of hydrogen-bond acceptors (Lipinski definition) is 2. The molecule has 3 nitrogen and oxygen atoms in total. The maximum atomic E-state index is 11.1. The number of benzene rings is 1. The maximum absolute atomic E-state index is 11.1. The summed E-state index contributed by atoms with van der Waals surface area (Å²) in [5.74, 6) is 0.662. The molecule has 1 amide bonds. The Morgan fingerprint density at radius 1 is 1.43 bits per heavy atom. The largest absolute Gasteiger partial charge is 0.461 e. The quantitative estimate of drug-likeness (QED) is 0.781. The van der Waals surface area contributed by atoms with Gasteiger partial charge in [-0.15, -0.1) is 0 Å². The first-order valence-electron chi connectivity index (χ1n) is 4.47. The van der Waals surface area contributed by atoms with Crippen LogP contribution < -0.4 is 5.32 Å². The number of para-hydroxylation sites is 1. The van der Waals surface area contributed by atoms with Crippen molar-refractivity contribution in [1.29, 1.82) is 0 Å². The van der Waals surface area contributed by atoms with Crippen LogP contribution in [-0.2, 0) is 11.2 Å². The van der Waals surface area contributed by atoms with Crippen LogP contribution >= 0.6 is 0 Å². The van der Waals surface area contributed by atoms with Gasteiger partial charge in [-0.1, -0.05) is 18.2 Å². The summed E-state index contributed by atoms with van der Waals surface area (Å²) in [4.78, 5) is 11.1. The molecule has 0 atom stereocenters. The fourth-order valence-electron chi connectivity index (χ4n) is 1.37. The van der Waals surface area contributed by atoms with Gasteiger partial charge in [-0.2, -0.15) is 0 Å². The van der Waals surface area contributed by atoms with Gasteiger partial charge in [-0.3, -0.25) is 4.79 Å². The summed E-state index contributed by atoms with van der Waals surface area (Å²) in [6.07, 6.45) is 0.297. The van der Waals surface area contributed by atoms with Crippen LogP contribution in [0.4, 0.5) is 0 Å². The highest BCUT2D eigenvalue weighted by atomic mass is 16.3. The molecular formula is C11H11NO2. The molecule has 2 aromatic rings. The van der Waals surface area contributed by atoms with Crippen molar-refractivity contribution in [3.8, 4) is 0 Å². The van der Waals surface area contributed by atoms with E-state index < -0.39 is 0 Å². The number of rotatable bonds is 2. The molecule has 0 aliphatic rings. The van der Waals surface area contributed by atoms with Crippen molar-refractivity contribution in [2.45, 2.75) is 6.42 Å². The van der Waals surface area contributed by atoms with Gasteiger partial charge < -0.3 is 9.73 Å². The number of nitrogens with one attached hydrogen (secondary N) is 1. The molecule has 0 spiro atoms. The van der Waals surface area contributed by atoms with E-state index in [2.05, 4.69) is 5.32 Å². The minimum atomic E-state index is -0.0379. The molecule has 2 rings (SSSR count). The average molecular weight is 189 g/mol. The molecule has 0 saturated heterocycles. The van der Waals surface area contributed by atoms with Crippen LogP contribution in [0.15, 0.2) is 34.7 Å². The summed E-state index contributed by atoms with van der Waals surface area (Å²) in [5, 5.41) is 3.59. The Morgan fingerprint density at radius 3 is 2.93 bits per heavy atom. The predicted octanol–water partition coefficient (Wildman–Crippen LogP) is 1.72. The Morgan fingerprint density at radius 2 is 2.21 bits per heavy atom. The number of furan rings is 1. The van der Waals surface area contributed by atoms with Crippen molar-refractivity contribution in [2.24, 2.45) is 0 Å². The van der Waals surface area contributed by atoms with Crippen molar-refractivity contribution in [2.75, 3.05) is 7.05 Å². The lowest BCUT2D eigenvalue weighted by atomic mass is 10.2. The molecule has 0 radical (unpaired) electrons. The van der Waals surface area contributed by atoms with Gasteiger partial charge in [0.15, 0.2) is 0 Å². The van der Waals surface area contributed by atoms with E-state index in [1.54, 1.807) is 7.05 Å². The number of amides is 1. The highest BCUT2D eigenvalue weighted by molar-refractivity contribution is 5.81. The molecule has 72 valence electrons. The minimum Gasteiger partial charge on any atom is -0.461 e. The molecule has 0 aliphatic carbocycles. The normalized spacial score (nSPS) is 10.4. The van der Waals surface area contributed by atoms with Crippen molar-refractivity contribution >= 4 is 16.9 Å². The summed E-state index contributed by atoms with van der Waals surface area (Å²) in [7, 11) is 1.62. The summed E-state index contributed by atoms with van der Waals surface area (Å²) in [5.41, 5.74) is 0.825. The smallest absolute Gasteiger partial charge is 0.227 e. The zero-order valence-corrected chi connectivity index (χ0v) is 7.91. The van der Waals surface area contributed by atoms with Gasteiger partial charge in [-0.25, -0.2) is 0 Å². The van der Waals surface area contributed by atoms with Crippen LogP contribution in [0.2, 0.25) is 0 Å². The van der Waals surface area contributed by atoms with Gasteiger partial charge in [0, 0.05) is 12.4 Å². The number of hydrogen-bond donors (Lipinski definition) is 1. The number of carbonyl (C=O) groups is 1. The topological polar surface area (TPSA) is 42.2 Å². The summed E-state index contributed by atoms with van der Waals surface area (Å²) >= 11 is 0. The Hall–Kier alpha value is -1.77. The molecule has 1 heterocycles. The predicted molar refractivity (Wildman–Crippen MR) is 54.0 cm³/mol.